The summed E-state index contributed by atoms with van der Waals surface area (Å²) in [5, 5.41) is 1.89. The lowest BCUT2D eigenvalue weighted by Gasteiger charge is -2.15. The molecule has 0 aliphatic heterocycles. The normalized spacial score (nSPS) is 11.1. The summed E-state index contributed by atoms with van der Waals surface area (Å²) >= 11 is 5.98. The number of benzene rings is 1. The van der Waals surface area contributed by atoms with Gasteiger partial charge >= 0.3 is 0 Å². The number of ketones is 2. The van der Waals surface area contributed by atoms with E-state index in [-0.39, 0.29) is 22.9 Å². The van der Waals surface area contributed by atoms with Crippen molar-refractivity contribution in [2.45, 2.75) is 41.0 Å². The molecule has 2 aromatic heterocycles. The molecule has 0 saturated carbocycles. The number of methoxy groups -OCH3 is 1. The molecule has 0 bridgehead atoms. The van der Waals surface area contributed by atoms with Crippen LogP contribution in [-0.2, 0) is 11.2 Å². The third-order valence-electron chi connectivity index (χ3n) is 4.70. The van der Waals surface area contributed by atoms with Gasteiger partial charge in [-0.1, -0.05) is 64.4 Å². The van der Waals surface area contributed by atoms with Gasteiger partial charge in [0.15, 0.2) is 5.78 Å². The summed E-state index contributed by atoms with van der Waals surface area (Å²) < 4.78 is 5.28. The van der Waals surface area contributed by atoms with Crippen LogP contribution in [0.5, 0.6) is 5.75 Å². The largest absolute Gasteiger partial charge is 0.496 e. The lowest BCUT2D eigenvalue weighted by atomic mass is 9.87. The van der Waals surface area contributed by atoms with Crippen LogP contribution in [0.1, 0.15) is 50.7 Å². The van der Waals surface area contributed by atoms with Crippen LogP contribution in [0, 0.1) is 11.3 Å². The van der Waals surface area contributed by atoms with E-state index in [0.717, 1.165) is 16.3 Å². The van der Waals surface area contributed by atoms with Crippen molar-refractivity contribution in [3.05, 3.63) is 65.2 Å². The second-order valence-corrected chi connectivity index (χ2v) is 8.97. The topological polar surface area (TPSA) is 69.2 Å². The number of carbonyl (C=O) groups is 2. The molecule has 0 unspecified atom stereocenters. The SMILES string of the molecule is CC(C)(C)C(=O)Cc1cccnc1.COc1cccc2c(C(=O)C(C)C)nc(Cl)cc12. The van der Waals surface area contributed by atoms with E-state index in [2.05, 4.69) is 9.97 Å². The molecule has 5 nitrogen and oxygen atoms in total. The quantitative estimate of drug-likeness (QED) is 0.360. The Balaban J connectivity index is 0.000000233. The van der Waals surface area contributed by atoms with Crippen LogP contribution in [0.15, 0.2) is 48.8 Å². The standard InChI is InChI=1S/C14H14ClNO2.C11H15NO/c1-8(2)14(17)13-9-5-4-6-11(18-3)10(9)7-12(15)16-13;1-11(2,3)10(13)7-9-5-4-6-12-8-9/h4-8H,1-3H3;4-6,8H,7H2,1-3H3. The Kier molecular flexibility index (Phi) is 8.28. The molecule has 1 aromatic carbocycles. The van der Waals surface area contributed by atoms with E-state index in [9.17, 15) is 9.59 Å². The predicted octanol–water partition coefficient (Wildman–Crippen LogP) is 5.97. The molecule has 0 saturated heterocycles. The molecule has 0 aliphatic rings. The minimum absolute atomic E-state index is 0.0178. The van der Waals surface area contributed by atoms with Crippen LogP contribution < -0.4 is 4.74 Å². The van der Waals surface area contributed by atoms with Crippen LogP contribution in [0.2, 0.25) is 5.15 Å². The number of hydrogen-bond acceptors (Lipinski definition) is 5. The molecule has 0 spiro atoms. The van der Waals surface area contributed by atoms with Crippen molar-refractivity contribution < 1.29 is 14.3 Å². The second kappa shape index (κ2) is 10.5. The molecule has 164 valence electrons. The minimum Gasteiger partial charge on any atom is -0.496 e. The molecule has 3 aromatic rings. The fourth-order valence-corrected chi connectivity index (χ4v) is 3.00. The number of Topliss-reactive ketones (excluding diaryl/α,β-unsaturated/α-hetero) is 2. The van der Waals surface area contributed by atoms with E-state index in [1.165, 1.54) is 0 Å². The fourth-order valence-electron chi connectivity index (χ4n) is 2.81. The number of halogens is 1. The number of fused-ring (bicyclic) bond motifs is 1. The molecule has 0 fully saturated rings. The minimum atomic E-state index is -0.254. The highest BCUT2D eigenvalue weighted by Crippen LogP contribution is 2.30. The molecule has 0 N–H and O–H groups in total. The van der Waals surface area contributed by atoms with E-state index in [1.54, 1.807) is 25.6 Å². The average molecular weight is 441 g/mol. The van der Waals surface area contributed by atoms with Crippen LogP contribution in [0.4, 0.5) is 0 Å². The van der Waals surface area contributed by atoms with Crippen molar-refractivity contribution in [2.24, 2.45) is 11.3 Å². The number of nitrogens with zero attached hydrogens (tertiary/aromatic N) is 2. The molecule has 2 heterocycles. The molecular formula is C25H29ClN2O3. The molecular weight excluding hydrogens is 412 g/mol. The summed E-state index contributed by atoms with van der Waals surface area (Å²) in [5.74, 6) is 0.802. The van der Waals surface area contributed by atoms with Gasteiger partial charge in [0.2, 0.25) is 0 Å². The lowest BCUT2D eigenvalue weighted by Crippen LogP contribution is -2.22. The first-order valence-corrected chi connectivity index (χ1v) is 10.5. The van der Waals surface area contributed by atoms with Gasteiger partial charge < -0.3 is 4.74 Å². The van der Waals surface area contributed by atoms with E-state index in [4.69, 9.17) is 16.3 Å². The zero-order chi connectivity index (χ0) is 23.2. The number of rotatable bonds is 5. The molecule has 0 aliphatic carbocycles. The first-order chi connectivity index (χ1) is 14.5. The molecule has 0 amide bonds. The number of aromatic nitrogens is 2. The van der Waals surface area contributed by atoms with Gasteiger partial charge in [-0.2, -0.15) is 0 Å². The maximum absolute atomic E-state index is 12.1. The highest BCUT2D eigenvalue weighted by atomic mass is 35.5. The molecule has 6 heteroatoms. The average Bonchev–Trinajstić information content (AvgIpc) is 2.72. The third-order valence-corrected chi connectivity index (χ3v) is 4.90. The van der Waals surface area contributed by atoms with Gasteiger partial charge in [-0.05, 0) is 23.8 Å². The van der Waals surface area contributed by atoms with E-state index in [1.807, 2.05) is 65.0 Å². The number of carbonyl (C=O) groups excluding carboxylic acids is 2. The van der Waals surface area contributed by atoms with Crippen LogP contribution in [0.25, 0.3) is 10.8 Å². The summed E-state index contributed by atoms with van der Waals surface area (Å²) in [4.78, 5) is 31.9. The number of ether oxygens (including phenoxy) is 1. The summed E-state index contributed by atoms with van der Waals surface area (Å²) in [6.45, 7) is 9.50. The molecule has 0 atom stereocenters. The van der Waals surface area contributed by atoms with Crippen molar-refractivity contribution >= 4 is 33.9 Å². The second-order valence-electron chi connectivity index (χ2n) is 8.58. The van der Waals surface area contributed by atoms with Crippen LogP contribution >= 0.6 is 11.6 Å². The van der Waals surface area contributed by atoms with E-state index in [0.29, 0.717) is 23.0 Å². The van der Waals surface area contributed by atoms with Gasteiger partial charge in [0.05, 0.1) is 7.11 Å². The van der Waals surface area contributed by atoms with Crippen molar-refractivity contribution in [3.63, 3.8) is 0 Å². The maximum Gasteiger partial charge on any atom is 0.184 e. The first-order valence-electron chi connectivity index (χ1n) is 10.1. The zero-order valence-corrected chi connectivity index (χ0v) is 19.7. The van der Waals surface area contributed by atoms with Gasteiger partial charge in [-0.15, -0.1) is 0 Å². The summed E-state index contributed by atoms with van der Waals surface area (Å²) in [6.07, 6.45) is 3.94. The Hall–Kier alpha value is -2.79. The van der Waals surface area contributed by atoms with Gasteiger partial charge in [-0.3, -0.25) is 14.6 Å². The summed E-state index contributed by atoms with van der Waals surface area (Å²) in [6, 6.07) is 11.0. The van der Waals surface area contributed by atoms with Crippen molar-refractivity contribution in [3.8, 4) is 5.75 Å². The molecule has 3 rings (SSSR count). The van der Waals surface area contributed by atoms with Crippen molar-refractivity contribution in [1.82, 2.24) is 9.97 Å². The van der Waals surface area contributed by atoms with Gasteiger partial charge in [0, 0.05) is 40.9 Å². The summed E-state index contributed by atoms with van der Waals surface area (Å²) in [7, 11) is 1.59. The third kappa shape index (κ3) is 6.59. The molecule has 31 heavy (non-hydrogen) atoms. The zero-order valence-electron chi connectivity index (χ0n) is 18.9. The Morgan fingerprint density at radius 2 is 1.81 bits per heavy atom. The maximum atomic E-state index is 12.1. The Morgan fingerprint density at radius 1 is 1.10 bits per heavy atom. The van der Waals surface area contributed by atoms with Gasteiger partial charge in [0.1, 0.15) is 22.4 Å². The van der Waals surface area contributed by atoms with Gasteiger partial charge in [-0.25, -0.2) is 4.98 Å². The van der Waals surface area contributed by atoms with Gasteiger partial charge in [0.25, 0.3) is 0 Å². The Morgan fingerprint density at radius 3 is 2.35 bits per heavy atom. The monoisotopic (exact) mass is 440 g/mol. The predicted molar refractivity (Wildman–Crippen MR) is 125 cm³/mol. The van der Waals surface area contributed by atoms with Crippen molar-refractivity contribution in [1.29, 1.82) is 0 Å². The highest BCUT2D eigenvalue weighted by molar-refractivity contribution is 6.30. The smallest absolute Gasteiger partial charge is 0.184 e. The van der Waals surface area contributed by atoms with Crippen LogP contribution in [-0.4, -0.2) is 28.6 Å². The van der Waals surface area contributed by atoms with E-state index >= 15 is 0 Å². The Bertz CT molecular complexity index is 1060. The molecule has 0 radical (unpaired) electrons. The highest BCUT2D eigenvalue weighted by Gasteiger charge is 2.21. The lowest BCUT2D eigenvalue weighted by molar-refractivity contribution is -0.125. The van der Waals surface area contributed by atoms with Crippen LogP contribution in [0.3, 0.4) is 0 Å². The number of pyridine rings is 2. The number of hydrogen-bond donors (Lipinski definition) is 0. The van der Waals surface area contributed by atoms with E-state index < -0.39 is 0 Å². The van der Waals surface area contributed by atoms with Crippen molar-refractivity contribution in [2.75, 3.05) is 7.11 Å². The first kappa shape index (κ1) is 24.5. The summed E-state index contributed by atoms with van der Waals surface area (Å²) in [5.41, 5.74) is 1.14. The fraction of sp³-hybridized carbons (Fsp3) is 0.360. The Labute approximate surface area is 188 Å².